The number of rotatable bonds is 3. The van der Waals surface area contributed by atoms with Gasteiger partial charge in [0.05, 0.1) is 18.3 Å². The zero-order valence-corrected chi connectivity index (χ0v) is 16.9. The van der Waals surface area contributed by atoms with Crippen LogP contribution in [0, 0.1) is 0 Å². The molecule has 1 atom stereocenters. The number of aryl methyl sites for hydroxylation is 1. The molecule has 1 fully saturated rings. The van der Waals surface area contributed by atoms with Crippen molar-refractivity contribution in [2.45, 2.75) is 25.5 Å². The van der Waals surface area contributed by atoms with Crippen molar-refractivity contribution in [1.82, 2.24) is 23.1 Å². The summed E-state index contributed by atoms with van der Waals surface area (Å²) in [7, 11) is 3.11. The Balaban J connectivity index is 1.83. The first-order valence-electron chi connectivity index (χ1n) is 9.50. The molecule has 0 bridgehead atoms. The van der Waals surface area contributed by atoms with Crippen molar-refractivity contribution >= 4 is 28.5 Å². The third-order valence-corrected chi connectivity index (χ3v) is 5.86. The minimum absolute atomic E-state index is 0.0868. The lowest BCUT2D eigenvalue weighted by Gasteiger charge is -2.14. The van der Waals surface area contributed by atoms with E-state index in [0.29, 0.717) is 28.5 Å². The van der Waals surface area contributed by atoms with Crippen LogP contribution in [0.2, 0.25) is 5.02 Å². The Morgan fingerprint density at radius 1 is 1.17 bits per heavy atom. The number of benzene rings is 1. The van der Waals surface area contributed by atoms with Gasteiger partial charge in [0, 0.05) is 31.9 Å². The Morgan fingerprint density at radius 2 is 1.93 bits per heavy atom. The quantitative estimate of drug-likeness (QED) is 0.516. The number of nitrogens with zero attached hydrogens (tertiary/aromatic N) is 5. The summed E-state index contributed by atoms with van der Waals surface area (Å²) in [5.74, 6) is 0.610. The highest BCUT2D eigenvalue weighted by molar-refractivity contribution is 6.30. The molecule has 1 saturated heterocycles. The van der Waals surface area contributed by atoms with E-state index in [2.05, 4.69) is 9.55 Å². The summed E-state index contributed by atoms with van der Waals surface area (Å²) in [6, 6.07) is 7.56. The maximum atomic E-state index is 12.9. The lowest BCUT2D eigenvalue weighted by atomic mass is 10.1. The largest absolute Gasteiger partial charge is 0.376 e. The smallest absolute Gasteiger partial charge is 0.332 e. The lowest BCUT2D eigenvalue weighted by molar-refractivity contribution is 0.0981. The summed E-state index contributed by atoms with van der Waals surface area (Å²) in [4.78, 5) is 29.9. The molecular weight excluding hydrogens is 394 g/mol. The molecule has 5 rings (SSSR count). The highest BCUT2D eigenvalue weighted by Crippen LogP contribution is 2.28. The standard InChI is InChI=1S/C20H20ClN5O3/c1-23-17-16(18(27)24(2)20(23)28)26-11-15(12-5-7-13(21)8-6-12)25(19(26)22-17)10-14-4-3-9-29-14/h5-8,11,14H,3-4,9-10H2,1-2H3/t14-/m0/s1. The number of hydrogen-bond donors (Lipinski definition) is 0. The molecule has 0 aliphatic carbocycles. The van der Waals surface area contributed by atoms with Gasteiger partial charge in [0.15, 0.2) is 11.2 Å². The fourth-order valence-electron chi connectivity index (χ4n) is 4.04. The minimum atomic E-state index is -0.396. The Kier molecular flexibility index (Phi) is 4.15. The van der Waals surface area contributed by atoms with Gasteiger partial charge < -0.3 is 9.30 Å². The fraction of sp³-hybridized carbons (Fsp3) is 0.350. The second-order valence-corrected chi connectivity index (χ2v) is 7.86. The lowest BCUT2D eigenvalue weighted by Crippen LogP contribution is -2.37. The molecule has 150 valence electrons. The maximum absolute atomic E-state index is 12.9. The van der Waals surface area contributed by atoms with Crippen LogP contribution in [0.4, 0.5) is 0 Å². The van der Waals surface area contributed by atoms with Crippen molar-refractivity contribution < 1.29 is 4.74 Å². The first-order chi connectivity index (χ1) is 14.0. The van der Waals surface area contributed by atoms with Gasteiger partial charge in [-0.2, -0.15) is 4.98 Å². The summed E-state index contributed by atoms with van der Waals surface area (Å²) in [6.07, 6.45) is 3.99. The third-order valence-electron chi connectivity index (χ3n) is 5.61. The van der Waals surface area contributed by atoms with E-state index in [9.17, 15) is 9.59 Å². The first-order valence-corrected chi connectivity index (χ1v) is 9.88. The molecule has 1 aliphatic rings. The molecule has 0 N–H and O–H groups in total. The topological polar surface area (TPSA) is 75.5 Å². The molecule has 0 radical (unpaired) electrons. The van der Waals surface area contributed by atoms with E-state index < -0.39 is 5.69 Å². The normalized spacial score (nSPS) is 17.0. The molecule has 0 amide bonds. The second-order valence-electron chi connectivity index (χ2n) is 7.43. The predicted octanol–water partition coefficient (Wildman–Crippen LogP) is 2.19. The molecule has 8 nitrogen and oxygen atoms in total. The zero-order valence-electron chi connectivity index (χ0n) is 16.1. The average molecular weight is 414 g/mol. The van der Waals surface area contributed by atoms with E-state index in [-0.39, 0.29) is 11.7 Å². The third kappa shape index (κ3) is 2.74. The van der Waals surface area contributed by atoms with Crippen molar-refractivity contribution in [3.05, 3.63) is 56.3 Å². The molecule has 4 aromatic rings. The van der Waals surface area contributed by atoms with Gasteiger partial charge in [-0.15, -0.1) is 0 Å². The molecule has 4 heterocycles. The van der Waals surface area contributed by atoms with E-state index in [4.69, 9.17) is 16.3 Å². The number of fused-ring (bicyclic) bond motifs is 3. The van der Waals surface area contributed by atoms with Crippen LogP contribution in [0.25, 0.3) is 28.2 Å². The van der Waals surface area contributed by atoms with Gasteiger partial charge in [-0.1, -0.05) is 23.7 Å². The second kappa shape index (κ2) is 6.60. The number of aromatic nitrogens is 5. The summed E-state index contributed by atoms with van der Waals surface area (Å²) in [6.45, 7) is 1.37. The van der Waals surface area contributed by atoms with Crippen molar-refractivity contribution in [2.24, 2.45) is 14.1 Å². The Labute approximate surface area is 170 Å². The van der Waals surface area contributed by atoms with Gasteiger partial charge in [0.1, 0.15) is 0 Å². The van der Waals surface area contributed by atoms with Gasteiger partial charge >= 0.3 is 5.69 Å². The van der Waals surface area contributed by atoms with Crippen molar-refractivity contribution in [3.63, 3.8) is 0 Å². The first kappa shape index (κ1) is 18.2. The predicted molar refractivity (Wildman–Crippen MR) is 111 cm³/mol. The number of ether oxygens (including phenoxy) is 1. The van der Waals surface area contributed by atoms with Crippen LogP contribution in [-0.2, 0) is 25.4 Å². The Bertz CT molecular complexity index is 1350. The monoisotopic (exact) mass is 413 g/mol. The molecule has 0 spiro atoms. The average Bonchev–Trinajstić information content (AvgIpc) is 3.42. The summed E-state index contributed by atoms with van der Waals surface area (Å²) in [5.41, 5.74) is 1.87. The summed E-state index contributed by atoms with van der Waals surface area (Å²) >= 11 is 6.06. The molecular formula is C20H20ClN5O3. The summed E-state index contributed by atoms with van der Waals surface area (Å²) in [5, 5.41) is 0.657. The van der Waals surface area contributed by atoms with E-state index in [1.807, 2.05) is 30.5 Å². The van der Waals surface area contributed by atoms with E-state index >= 15 is 0 Å². The van der Waals surface area contributed by atoms with Gasteiger partial charge in [0.25, 0.3) is 5.56 Å². The van der Waals surface area contributed by atoms with Gasteiger partial charge in [-0.25, -0.2) is 4.79 Å². The number of imidazole rings is 2. The van der Waals surface area contributed by atoms with Crippen LogP contribution in [-0.4, -0.2) is 35.8 Å². The molecule has 9 heteroatoms. The molecule has 29 heavy (non-hydrogen) atoms. The van der Waals surface area contributed by atoms with E-state index in [0.717, 1.165) is 35.3 Å². The Hall–Kier alpha value is -2.84. The fourth-order valence-corrected chi connectivity index (χ4v) is 4.16. The zero-order chi connectivity index (χ0) is 20.3. The van der Waals surface area contributed by atoms with Gasteiger partial charge in [0.2, 0.25) is 5.78 Å². The van der Waals surface area contributed by atoms with Crippen molar-refractivity contribution in [3.8, 4) is 11.3 Å². The number of halogens is 1. The number of hydrogen-bond acceptors (Lipinski definition) is 4. The van der Waals surface area contributed by atoms with Crippen LogP contribution in [0.3, 0.4) is 0 Å². The summed E-state index contributed by atoms with van der Waals surface area (Å²) < 4.78 is 12.2. The van der Waals surface area contributed by atoms with Crippen LogP contribution in [0.15, 0.2) is 40.1 Å². The van der Waals surface area contributed by atoms with E-state index in [1.54, 1.807) is 11.4 Å². The molecule has 0 saturated carbocycles. The van der Waals surface area contributed by atoms with Gasteiger partial charge in [-0.05, 0) is 30.5 Å². The van der Waals surface area contributed by atoms with Crippen LogP contribution < -0.4 is 11.2 Å². The highest BCUT2D eigenvalue weighted by Gasteiger charge is 2.24. The molecule has 0 unspecified atom stereocenters. The van der Waals surface area contributed by atoms with Crippen LogP contribution >= 0.6 is 11.6 Å². The minimum Gasteiger partial charge on any atom is -0.376 e. The van der Waals surface area contributed by atoms with Crippen molar-refractivity contribution in [1.29, 1.82) is 0 Å². The van der Waals surface area contributed by atoms with Crippen molar-refractivity contribution in [2.75, 3.05) is 6.61 Å². The van der Waals surface area contributed by atoms with E-state index in [1.165, 1.54) is 11.6 Å². The Morgan fingerprint density at radius 3 is 2.62 bits per heavy atom. The van der Waals surface area contributed by atoms with Crippen LogP contribution in [0.1, 0.15) is 12.8 Å². The maximum Gasteiger partial charge on any atom is 0.332 e. The highest BCUT2D eigenvalue weighted by atomic mass is 35.5. The van der Waals surface area contributed by atoms with Crippen LogP contribution in [0.5, 0.6) is 0 Å². The molecule has 1 aromatic carbocycles. The van der Waals surface area contributed by atoms with Gasteiger partial charge in [-0.3, -0.25) is 18.3 Å². The molecule has 3 aromatic heterocycles. The molecule has 1 aliphatic heterocycles. The SMILES string of the molecule is Cn1c(=O)c2c(nc3n(C[C@@H]4CCCO4)c(-c4ccc(Cl)cc4)cn23)n(C)c1=O.